The number of halogens is 1. The Bertz CT molecular complexity index is 1040. The zero-order chi connectivity index (χ0) is 22.8. The Morgan fingerprint density at radius 1 is 1.16 bits per heavy atom. The van der Waals surface area contributed by atoms with Gasteiger partial charge in [0.15, 0.2) is 0 Å². The first-order chi connectivity index (χ1) is 15.3. The molecule has 4 rings (SSSR count). The van der Waals surface area contributed by atoms with Crippen LogP contribution in [0.2, 0.25) is 0 Å². The van der Waals surface area contributed by atoms with Crippen LogP contribution in [0.1, 0.15) is 43.9 Å². The highest BCUT2D eigenvalue weighted by Crippen LogP contribution is 2.34. The number of fused-ring (bicyclic) bond motifs is 1. The molecule has 1 heterocycles. The van der Waals surface area contributed by atoms with E-state index in [9.17, 15) is 9.18 Å². The minimum absolute atomic E-state index is 0.00224. The summed E-state index contributed by atoms with van der Waals surface area (Å²) in [7, 11) is 0. The number of likely N-dealkylation sites (tertiary alicyclic amines) is 1. The molecule has 0 spiro atoms. The van der Waals surface area contributed by atoms with Crippen LogP contribution in [0, 0.1) is 11.7 Å². The lowest BCUT2D eigenvalue weighted by atomic mass is 9.85. The maximum atomic E-state index is 14.4. The van der Waals surface area contributed by atoms with Crippen LogP contribution in [-0.2, 0) is 17.8 Å². The molecule has 1 fully saturated rings. The van der Waals surface area contributed by atoms with Gasteiger partial charge in [0, 0.05) is 31.3 Å². The molecule has 0 unspecified atom stereocenters. The van der Waals surface area contributed by atoms with Gasteiger partial charge in [-0.3, -0.25) is 9.69 Å². The molecule has 170 valence electrons. The Hall–Kier alpha value is -2.86. The number of carboxylic acids is 1. The lowest BCUT2D eigenvalue weighted by Crippen LogP contribution is -2.50. The number of aryl methyl sites for hydroxylation is 1. The average Bonchev–Trinajstić information content (AvgIpc) is 2.70. The Balaban J connectivity index is 1.39. The summed E-state index contributed by atoms with van der Waals surface area (Å²) in [5.41, 5.74) is 5.59. The minimum atomic E-state index is -0.701. The second-order valence-corrected chi connectivity index (χ2v) is 8.99. The van der Waals surface area contributed by atoms with Crippen molar-refractivity contribution in [3.05, 3.63) is 64.5 Å². The zero-order valence-electron chi connectivity index (χ0n) is 18.9. The molecule has 2 aromatic rings. The third-order valence-corrected chi connectivity index (χ3v) is 6.22. The van der Waals surface area contributed by atoms with E-state index >= 15 is 0 Å². The van der Waals surface area contributed by atoms with Crippen molar-refractivity contribution in [3.63, 3.8) is 0 Å². The summed E-state index contributed by atoms with van der Waals surface area (Å²) in [6.07, 6.45) is 1.88. The Morgan fingerprint density at radius 2 is 1.91 bits per heavy atom. The van der Waals surface area contributed by atoms with Gasteiger partial charge in [0.1, 0.15) is 23.9 Å². The van der Waals surface area contributed by atoms with E-state index < -0.39 is 5.97 Å². The number of aliphatic carboxylic acids is 1. The third kappa shape index (κ3) is 4.96. The fourth-order valence-electron chi connectivity index (χ4n) is 4.37. The summed E-state index contributed by atoms with van der Waals surface area (Å²) in [5, 5.41) is 9.06. The predicted octanol–water partition coefficient (Wildman–Crippen LogP) is 4.93. The van der Waals surface area contributed by atoms with Gasteiger partial charge in [-0.05, 0) is 74.6 Å². The third-order valence-electron chi connectivity index (χ3n) is 6.22. The van der Waals surface area contributed by atoms with Crippen molar-refractivity contribution in [1.29, 1.82) is 0 Å². The Kier molecular flexibility index (Phi) is 6.51. The fraction of sp³-hybridized carbons (Fsp3) is 0.423. The first kappa shape index (κ1) is 22.3. The Morgan fingerprint density at radius 3 is 2.59 bits per heavy atom. The number of allylic oxidation sites excluding steroid dienone is 1. The molecule has 32 heavy (non-hydrogen) atoms. The number of ether oxygens (including phenoxy) is 2. The van der Waals surface area contributed by atoms with Crippen molar-refractivity contribution >= 4 is 11.5 Å². The van der Waals surface area contributed by atoms with Crippen molar-refractivity contribution in [1.82, 2.24) is 4.90 Å². The molecule has 0 bridgehead atoms. The van der Waals surface area contributed by atoms with E-state index in [-0.39, 0.29) is 24.4 Å². The van der Waals surface area contributed by atoms with Gasteiger partial charge in [-0.2, -0.15) is 0 Å². The summed E-state index contributed by atoms with van der Waals surface area (Å²) in [6, 6.07) is 10.9. The van der Waals surface area contributed by atoms with Gasteiger partial charge in [0.2, 0.25) is 0 Å². The maximum Gasteiger partial charge on any atom is 0.309 e. The van der Waals surface area contributed by atoms with E-state index in [2.05, 4.69) is 17.9 Å². The van der Waals surface area contributed by atoms with Crippen LogP contribution in [0.15, 0.2) is 42.0 Å². The van der Waals surface area contributed by atoms with Gasteiger partial charge in [0.05, 0.1) is 12.0 Å². The second kappa shape index (κ2) is 9.33. The van der Waals surface area contributed by atoms with Crippen molar-refractivity contribution in [3.8, 4) is 11.5 Å². The van der Waals surface area contributed by atoms with Crippen molar-refractivity contribution in [2.45, 2.75) is 46.3 Å². The van der Waals surface area contributed by atoms with E-state index in [0.717, 1.165) is 25.1 Å². The van der Waals surface area contributed by atoms with E-state index in [1.807, 2.05) is 26.0 Å². The highest BCUT2D eigenvalue weighted by atomic mass is 19.1. The molecule has 0 radical (unpaired) electrons. The Labute approximate surface area is 188 Å². The quantitative estimate of drug-likeness (QED) is 0.632. The normalized spacial score (nSPS) is 16.7. The summed E-state index contributed by atoms with van der Waals surface area (Å²) in [4.78, 5) is 13.2. The summed E-state index contributed by atoms with van der Waals surface area (Å²) in [6.45, 7) is 8.21. The number of carbonyl (C=O) groups is 1. The number of hydrogen-bond donors (Lipinski definition) is 1. The molecule has 5 nitrogen and oxygen atoms in total. The molecule has 1 aliphatic heterocycles. The van der Waals surface area contributed by atoms with E-state index in [4.69, 9.17) is 14.6 Å². The standard InChI is InChI=1S/C26H30FNO4/c1-16(2)32-23-7-6-20(25(27)11-23)15-31-22-8-9-24-17(3)19(5-4-18(24)10-22)12-28-13-21(14-28)26(29)30/h6-11,16,21H,4-5,12-15H2,1-3H3,(H,29,30). The maximum absolute atomic E-state index is 14.4. The molecule has 1 aliphatic carbocycles. The number of carboxylic acid groups (broad SMARTS) is 1. The van der Waals surface area contributed by atoms with E-state index in [1.54, 1.807) is 12.1 Å². The summed E-state index contributed by atoms with van der Waals surface area (Å²) < 4.78 is 25.8. The fourth-order valence-corrected chi connectivity index (χ4v) is 4.37. The monoisotopic (exact) mass is 439 g/mol. The van der Waals surface area contributed by atoms with Crippen LogP contribution in [-0.4, -0.2) is 41.7 Å². The molecule has 6 heteroatoms. The lowest BCUT2D eigenvalue weighted by Gasteiger charge is -2.38. The molecule has 0 amide bonds. The van der Waals surface area contributed by atoms with Crippen molar-refractivity contribution < 1.29 is 23.8 Å². The summed E-state index contributed by atoms with van der Waals surface area (Å²) >= 11 is 0. The van der Waals surface area contributed by atoms with Crippen molar-refractivity contribution in [2.75, 3.05) is 19.6 Å². The molecule has 2 aliphatic rings. The van der Waals surface area contributed by atoms with Crippen LogP contribution in [0.25, 0.3) is 5.57 Å². The van der Waals surface area contributed by atoms with Gasteiger partial charge in [-0.15, -0.1) is 0 Å². The van der Waals surface area contributed by atoms with E-state index in [0.29, 0.717) is 24.4 Å². The van der Waals surface area contributed by atoms with Gasteiger partial charge < -0.3 is 14.6 Å². The lowest BCUT2D eigenvalue weighted by molar-refractivity contribution is -0.147. The average molecular weight is 440 g/mol. The number of nitrogens with zero attached hydrogens (tertiary/aromatic N) is 1. The molecule has 0 aromatic heterocycles. The molecular weight excluding hydrogens is 409 g/mol. The van der Waals surface area contributed by atoms with Crippen LogP contribution in [0.3, 0.4) is 0 Å². The molecular formula is C26H30FNO4. The van der Waals surface area contributed by atoms with Gasteiger partial charge in [-0.25, -0.2) is 4.39 Å². The molecule has 1 saturated heterocycles. The SMILES string of the molecule is CC1=C(CN2CC(C(=O)O)C2)CCc2cc(OCc3ccc(OC(C)C)cc3F)ccc21. The number of hydrogen-bond acceptors (Lipinski definition) is 4. The highest BCUT2D eigenvalue weighted by Gasteiger charge is 2.33. The smallest absolute Gasteiger partial charge is 0.309 e. The van der Waals surface area contributed by atoms with Crippen LogP contribution in [0.4, 0.5) is 4.39 Å². The molecule has 0 atom stereocenters. The van der Waals surface area contributed by atoms with Crippen LogP contribution in [0.5, 0.6) is 11.5 Å². The number of rotatable bonds is 8. The van der Waals surface area contributed by atoms with Gasteiger partial charge >= 0.3 is 5.97 Å². The van der Waals surface area contributed by atoms with Crippen LogP contribution >= 0.6 is 0 Å². The zero-order valence-corrected chi connectivity index (χ0v) is 18.9. The molecule has 0 saturated carbocycles. The number of benzene rings is 2. The molecule has 2 aromatic carbocycles. The first-order valence-corrected chi connectivity index (χ1v) is 11.1. The summed E-state index contributed by atoms with van der Waals surface area (Å²) in [5.74, 6) is -0.0112. The van der Waals surface area contributed by atoms with Crippen LogP contribution < -0.4 is 9.47 Å². The van der Waals surface area contributed by atoms with E-state index in [1.165, 1.54) is 28.3 Å². The second-order valence-electron chi connectivity index (χ2n) is 8.99. The van der Waals surface area contributed by atoms with Crippen molar-refractivity contribution in [2.24, 2.45) is 5.92 Å². The van der Waals surface area contributed by atoms with Gasteiger partial charge in [0.25, 0.3) is 0 Å². The van der Waals surface area contributed by atoms with Gasteiger partial charge in [-0.1, -0.05) is 11.6 Å². The predicted molar refractivity (Wildman–Crippen MR) is 121 cm³/mol. The topological polar surface area (TPSA) is 59.0 Å². The largest absolute Gasteiger partial charge is 0.491 e. The molecule has 1 N–H and O–H groups in total. The highest BCUT2D eigenvalue weighted by molar-refractivity contribution is 5.73. The first-order valence-electron chi connectivity index (χ1n) is 11.1. The minimum Gasteiger partial charge on any atom is -0.491 e.